The first-order chi connectivity index (χ1) is 12.5. The molecule has 0 spiro atoms. The van der Waals surface area contributed by atoms with Gasteiger partial charge in [-0.2, -0.15) is 0 Å². The van der Waals surface area contributed by atoms with Crippen molar-refractivity contribution in [3.05, 3.63) is 76.6 Å². The average Bonchev–Trinajstić information content (AvgIpc) is 2.88. The van der Waals surface area contributed by atoms with E-state index in [2.05, 4.69) is 9.98 Å². The summed E-state index contributed by atoms with van der Waals surface area (Å²) in [6, 6.07) is 12.5. The molecule has 132 valence electrons. The number of halogens is 1. The molecule has 1 atom stereocenters. The third-order valence-electron chi connectivity index (χ3n) is 4.68. The smallest absolute Gasteiger partial charge is 0.205 e. The van der Waals surface area contributed by atoms with E-state index in [1.807, 2.05) is 42.9 Å². The molecule has 0 fully saturated rings. The summed E-state index contributed by atoms with van der Waals surface area (Å²) in [5.74, 6) is 0.0795. The standard InChI is InChI=1S/C20H18FN3OS/c1-11-12(2)24-17-9-8-13(26-3)10-15(17)18(23-20(25)19(24)22-11)14-6-4-5-7-16(14)21/h4-10,20,25H,1-3H3. The summed E-state index contributed by atoms with van der Waals surface area (Å²) in [6.07, 6.45) is 0.827. The molecule has 0 radical (unpaired) electrons. The van der Waals surface area contributed by atoms with E-state index < -0.39 is 6.23 Å². The average molecular weight is 367 g/mol. The van der Waals surface area contributed by atoms with Crippen LogP contribution in [0.5, 0.6) is 0 Å². The minimum Gasteiger partial charge on any atom is -0.365 e. The lowest BCUT2D eigenvalue weighted by Crippen LogP contribution is -2.10. The van der Waals surface area contributed by atoms with Crippen LogP contribution in [0, 0.1) is 19.7 Å². The maximum absolute atomic E-state index is 14.5. The maximum Gasteiger partial charge on any atom is 0.205 e. The second-order valence-corrected chi connectivity index (χ2v) is 7.07. The van der Waals surface area contributed by atoms with E-state index in [1.54, 1.807) is 30.0 Å². The lowest BCUT2D eigenvalue weighted by atomic mass is 10.00. The van der Waals surface area contributed by atoms with E-state index >= 15 is 0 Å². The van der Waals surface area contributed by atoms with Gasteiger partial charge in [0.15, 0.2) is 5.82 Å². The predicted octanol–water partition coefficient (Wildman–Crippen LogP) is 4.19. The number of fused-ring (bicyclic) bond motifs is 3. The summed E-state index contributed by atoms with van der Waals surface area (Å²) < 4.78 is 16.4. The van der Waals surface area contributed by atoms with Crippen molar-refractivity contribution in [1.82, 2.24) is 9.55 Å². The summed E-state index contributed by atoms with van der Waals surface area (Å²) >= 11 is 1.61. The molecule has 4 nitrogen and oxygen atoms in total. The second-order valence-electron chi connectivity index (χ2n) is 6.19. The van der Waals surface area contributed by atoms with E-state index in [0.717, 1.165) is 27.5 Å². The van der Waals surface area contributed by atoms with E-state index in [1.165, 1.54) is 6.07 Å². The highest BCUT2D eigenvalue weighted by Crippen LogP contribution is 2.33. The van der Waals surface area contributed by atoms with Crippen LogP contribution in [0.2, 0.25) is 0 Å². The number of aryl methyl sites for hydroxylation is 1. The molecule has 2 aromatic carbocycles. The van der Waals surface area contributed by atoms with Gasteiger partial charge < -0.3 is 5.11 Å². The molecule has 1 aromatic heterocycles. The molecule has 3 aromatic rings. The molecule has 0 saturated carbocycles. The molecular weight excluding hydrogens is 349 g/mol. The number of aliphatic hydroxyl groups excluding tert-OH is 1. The Kier molecular flexibility index (Phi) is 4.17. The minimum atomic E-state index is -1.16. The van der Waals surface area contributed by atoms with Crippen LogP contribution in [0.4, 0.5) is 4.39 Å². The Labute approximate surface area is 155 Å². The Morgan fingerprint density at radius 2 is 1.88 bits per heavy atom. The number of aliphatic hydroxyl groups is 1. The van der Waals surface area contributed by atoms with Gasteiger partial charge in [0.1, 0.15) is 5.82 Å². The molecule has 4 rings (SSSR count). The fraction of sp³-hybridized carbons (Fsp3) is 0.200. The van der Waals surface area contributed by atoms with Crippen LogP contribution in [0.3, 0.4) is 0 Å². The summed E-state index contributed by atoms with van der Waals surface area (Å²) in [7, 11) is 0. The number of rotatable bonds is 2. The van der Waals surface area contributed by atoms with Crippen molar-refractivity contribution >= 4 is 17.5 Å². The van der Waals surface area contributed by atoms with Gasteiger partial charge in [0.2, 0.25) is 6.23 Å². The van der Waals surface area contributed by atoms with Crippen LogP contribution in [0.15, 0.2) is 52.4 Å². The second kappa shape index (κ2) is 6.37. The summed E-state index contributed by atoms with van der Waals surface area (Å²) in [4.78, 5) is 9.99. The largest absolute Gasteiger partial charge is 0.365 e. The molecule has 0 aliphatic carbocycles. The van der Waals surface area contributed by atoms with E-state index in [-0.39, 0.29) is 5.82 Å². The normalized spacial score (nSPS) is 15.9. The van der Waals surface area contributed by atoms with Crippen molar-refractivity contribution in [3.63, 3.8) is 0 Å². The van der Waals surface area contributed by atoms with Crippen LogP contribution in [0.1, 0.15) is 34.6 Å². The first-order valence-corrected chi connectivity index (χ1v) is 9.49. The SMILES string of the molecule is CSc1ccc2c(c1)C(c1ccccc1F)=NC(O)c1nc(C)c(C)n1-2. The van der Waals surface area contributed by atoms with Gasteiger partial charge in [-0.15, -0.1) is 11.8 Å². The molecule has 0 amide bonds. The molecule has 1 N–H and O–H groups in total. The third-order valence-corrected chi connectivity index (χ3v) is 5.41. The molecule has 6 heteroatoms. The maximum atomic E-state index is 14.5. The summed E-state index contributed by atoms with van der Waals surface area (Å²) in [5, 5.41) is 10.7. The fourth-order valence-electron chi connectivity index (χ4n) is 3.26. The number of aliphatic imine (C=N–C) groups is 1. The topological polar surface area (TPSA) is 50.4 Å². The van der Waals surface area contributed by atoms with Gasteiger partial charge >= 0.3 is 0 Å². The summed E-state index contributed by atoms with van der Waals surface area (Å²) in [6.45, 7) is 3.86. The van der Waals surface area contributed by atoms with Crippen LogP contribution in [-0.4, -0.2) is 26.6 Å². The van der Waals surface area contributed by atoms with Crippen molar-refractivity contribution < 1.29 is 9.50 Å². The van der Waals surface area contributed by atoms with Gasteiger partial charge in [-0.1, -0.05) is 12.1 Å². The fourth-order valence-corrected chi connectivity index (χ4v) is 3.70. The minimum absolute atomic E-state index is 0.367. The van der Waals surface area contributed by atoms with Gasteiger partial charge in [-0.25, -0.2) is 14.4 Å². The predicted molar refractivity (Wildman–Crippen MR) is 102 cm³/mol. The molecule has 1 aliphatic heterocycles. The third kappa shape index (κ3) is 2.57. The Balaban J connectivity index is 2.07. The lowest BCUT2D eigenvalue weighted by molar-refractivity contribution is 0.177. The van der Waals surface area contributed by atoms with Crippen molar-refractivity contribution in [1.29, 1.82) is 0 Å². The zero-order chi connectivity index (χ0) is 18.4. The Morgan fingerprint density at radius 3 is 2.62 bits per heavy atom. The van der Waals surface area contributed by atoms with Crippen molar-refractivity contribution in [2.24, 2.45) is 4.99 Å². The Hall–Kier alpha value is -2.44. The first kappa shape index (κ1) is 17.0. The van der Waals surface area contributed by atoms with Gasteiger partial charge in [-0.05, 0) is 50.4 Å². The Morgan fingerprint density at radius 1 is 1.12 bits per heavy atom. The molecule has 1 unspecified atom stereocenters. The van der Waals surface area contributed by atoms with Crippen LogP contribution in [0.25, 0.3) is 5.69 Å². The van der Waals surface area contributed by atoms with E-state index in [0.29, 0.717) is 17.1 Å². The highest BCUT2D eigenvalue weighted by Gasteiger charge is 2.28. The van der Waals surface area contributed by atoms with Gasteiger partial charge in [-0.3, -0.25) is 4.57 Å². The highest BCUT2D eigenvalue weighted by molar-refractivity contribution is 7.98. The summed E-state index contributed by atoms with van der Waals surface area (Å²) in [5.41, 5.74) is 4.19. The number of hydrogen-bond acceptors (Lipinski definition) is 4. The molecule has 0 saturated heterocycles. The van der Waals surface area contributed by atoms with Gasteiger partial charge in [0, 0.05) is 21.7 Å². The number of aromatic nitrogens is 2. The highest BCUT2D eigenvalue weighted by atomic mass is 32.2. The quantitative estimate of drug-likeness (QED) is 0.691. The van der Waals surface area contributed by atoms with Crippen molar-refractivity contribution in [3.8, 4) is 5.69 Å². The van der Waals surface area contributed by atoms with Crippen LogP contribution >= 0.6 is 11.8 Å². The van der Waals surface area contributed by atoms with Gasteiger partial charge in [0.05, 0.1) is 17.1 Å². The van der Waals surface area contributed by atoms with E-state index in [9.17, 15) is 9.50 Å². The van der Waals surface area contributed by atoms with Crippen molar-refractivity contribution in [2.45, 2.75) is 25.0 Å². The lowest BCUT2D eigenvalue weighted by Gasteiger charge is -2.15. The molecular formula is C20H18FN3OS. The number of thioether (sulfide) groups is 1. The number of benzene rings is 2. The monoisotopic (exact) mass is 367 g/mol. The molecule has 0 bridgehead atoms. The molecule has 26 heavy (non-hydrogen) atoms. The number of imidazole rings is 1. The van der Waals surface area contributed by atoms with E-state index in [4.69, 9.17) is 0 Å². The first-order valence-electron chi connectivity index (χ1n) is 8.26. The zero-order valence-corrected chi connectivity index (χ0v) is 15.5. The van der Waals surface area contributed by atoms with Crippen molar-refractivity contribution in [2.75, 3.05) is 6.26 Å². The van der Waals surface area contributed by atoms with Crippen LogP contribution < -0.4 is 0 Å². The van der Waals surface area contributed by atoms with Crippen LogP contribution in [-0.2, 0) is 0 Å². The zero-order valence-electron chi connectivity index (χ0n) is 14.7. The van der Waals surface area contributed by atoms with Gasteiger partial charge in [0.25, 0.3) is 0 Å². The Bertz CT molecular complexity index is 1040. The number of hydrogen-bond donors (Lipinski definition) is 1. The molecule has 2 heterocycles. The number of nitrogens with zero attached hydrogens (tertiary/aromatic N) is 3. The molecule has 1 aliphatic rings.